The zero-order chi connectivity index (χ0) is 10.0. The predicted octanol–water partition coefficient (Wildman–Crippen LogP) is 1.95. The molecule has 1 unspecified atom stereocenters. The first-order valence-electron chi connectivity index (χ1n) is 4.29. The van der Waals surface area contributed by atoms with Crippen molar-refractivity contribution in [3.05, 3.63) is 11.1 Å². The fraction of sp³-hybridized carbons (Fsp3) is 0.556. The highest BCUT2D eigenvalue weighted by Crippen LogP contribution is 2.44. The van der Waals surface area contributed by atoms with Crippen LogP contribution in [-0.4, -0.2) is 17.2 Å². The summed E-state index contributed by atoms with van der Waals surface area (Å²) in [6, 6.07) is 0. The quantitative estimate of drug-likeness (QED) is 0.537. The lowest BCUT2D eigenvalue weighted by Crippen LogP contribution is -2.09. The second-order valence-corrected chi connectivity index (χ2v) is 2.91. The van der Waals surface area contributed by atoms with E-state index < -0.39 is 12.1 Å². The van der Waals surface area contributed by atoms with E-state index >= 15 is 0 Å². The van der Waals surface area contributed by atoms with Crippen molar-refractivity contribution in [2.75, 3.05) is 0 Å². The standard InChI is InChI=1S/C9H12O4/c1-3-5-6(4-2)7(5)8(10)13-9(11)12/h5H,3-4H2,1-2H3,(H,11,12). The van der Waals surface area contributed by atoms with Crippen molar-refractivity contribution < 1.29 is 19.4 Å². The van der Waals surface area contributed by atoms with Crippen LogP contribution in [0.25, 0.3) is 0 Å². The van der Waals surface area contributed by atoms with Crippen molar-refractivity contribution in [1.29, 1.82) is 0 Å². The molecular weight excluding hydrogens is 172 g/mol. The maximum atomic E-state index is 11.1. The summed E-state index contributed by atoms with van der Waals surface area (Å²) in [5.41, 5.74) is 1.60. The first kappa shape index (κ1) is 9.77. The van der Waals surface area contributed by atoms with Crippen LogP contribution in [0.15, 0.2) is 11.1 Å². The molecule has 72 valence electrons. The van der Waals surface area contributed by atoms with Gasteiger partial charge in [0.1, 0.15) is 0 Å². The Hall–Kier alpha value is -1.32. The van der Waals surface area contributed by atoms with E-state index in [1.165, 1.54) is 0 Å². The van der Waals surface area contributed by atoms with Crippen LogP contribution in [0.4, 0.5) is 4.79 Å². The molecule has 0 saturated carbocycles. The second kappa shape index (κ2) is 3.60. The fourth-order valence-electron chi connectivity index (χ4n) is 1.62. The summed E-state index contributed by atoms with van der Waals surface area (Å²) < 4.78 is 4.06. The lowest BCUT2D eigenvalue weighted by molar-refractivity contribution is -0.134. The molecule has 0 aliphatic heterocycles. The third kappa shape index (κ3) is 1.88. The molecule has 0 amide bonds. The summed E-state index contributed by atoms with van der Waals surface area (Å²) in [7, 11) is 0. The summed E-state index contributed by atoms with van der Waals surface area (Å²) in [6.45, 7) is 3.90. The molecule has 1 atom stereocenters. The Bertz CT molecular complexity index is 277. The number of hydrogen-bond acceptors (Lipinski definition) is 3. The van der Waals surface area contributed by atoms with Gasteiger partial charge in [0, 0.05) is 11.5 Å². The number of rotatable bonds is 3. The third-order valence-electron chi connectivity index (χ3n) is 2.22. The summed E-state index contributed by atoms with van der Waals surface area (Å²) in [4.78, 5) is 21.2. The fourth-order valence-corrected chi connectivity index (χ4v) is 1.62. The van der Waals surface area contributed by atoms with Crippen LogP contribution in [-0.2, 0) is 9.53 Å². The summed E-state index contributed by atoms with van der Waals surface area (Å²) in [5, 5.41) is 8.21. The van der Waals surface area contributed by atoms with Crippen molar-refractivity contribution in [3.63, 3.8) is 0 Å². The van der Waals surface area contributed by atoms with E-state index in [1.54, 1.807) is 0 Å². The van der Waals surface area contributed by atoms with Gasteiger partial charge >= 0.3 is 12.1 Å². The van der Waals surface area contributed by atoms with Gasteiger partial charge in [-0.15, -0.1) is 0 Å². The van der Waals surface area contributed by atoms with Crippen molar-refractivity contribution in [2.45, 2.75) is 26.7 Å². The number of ether oxygens (including phenoxy) is 1. The molecule has 0 bridgehead atoms. The Morgan fingerprint density at radius 3 is 2.38 bits per heavy atom. The van der Waals surface area contributed by atoms with Crippen LogP contribution in [0, 0.1) is 5.92 Å². The lowest BCUT2D eigenvalue weighted by Gasteiger charge is -1.94. The van der Waals surface area contributed by atoms with Crippen LogP contribution in [0.5, 0.6) is 0 Å². The molecule has 0 aromatic rings. The van der Waals surface area contributed by atoms with E-state index in [2.05, 4.69) is 4.74 Å². The molecule has 0 aromatic heterocycles. The maximum Gasteiger partial charge on any atom is 0.513 e. The maximum absolute atomic E-state index is 11.1. The van der Waals surface area contributed by atoms with Crippen molar-refractivity contribution in [1.82, 2.24) is 0 Å². The van der Waals surface area contributed by atoms with Crippen LogP contribution in [0.1, 0.15) is 26.7 Å². The normalized spacial score (nSPS) is 20.0. The molecule has 0 fully saturated rings. The van der Waals surface area contributed by atoms with E-state index in [9.17, 15) is 9.59 Å². The monoisotopic (exact) mass is 184 g/mol. The van der Waals surface area contributed by atoms with Crippen LogP contribution >= 0.6 is 0 Å². The van der Waals surface area contributed by atoms with E-state index in [4.69, 9.17) is 5.11 Å². The molecule has 1 N–H and O–H groups in total. The summed E-state index contributed by atoms with van der Waals surface area (Å²) in [5.74, 6) is -0.534. The van der Waals surface area contributed by atoms with E-state index in [0.717, 1.165) is 18.4 Å². The number of carboxylic acid groups (broad SMARTS) is 1. The Balaban J connectivity index is 2.58. The first-order chi connectivity index (χ1) is 6.11. The Morgan fingerprint density at radius 1 is 1.46 bits per heavy atom. The minimum atomic E-state index is -1.53. The molecule has 1 rings (SSSR count). The average Bonchev–Trinajstić information content (AvgIpc) is 2.75. The second-order valence-electron chi connectivity index (χ2n) is 2.91. The van der Waals surface area contributed by atoms with Crippen LogP contribution in [0.3, 0.4) is 0 Å². The molecule has 1 aliphatic carbocycles. The molecule has 0 aromatic carbocycles. The molecule has 13 heavy (non-hydrogen) atoms. The number of esters is 1. The number of allylic oxidation sites excluding steroid dienone is 1. The minimum Gasteiger partial charge on any atom is -0.449 e. The Labute approximate surface area is 76.2 Å². The molecule has 0 heterocycles. The van der Waals surface area contributed by atoms with Gasteiger partial charge in [-0.05, 0) is 12.8 Å². The van der Waals surface area contributed by atoms with Gasteiger partial charge in [-0.2, -0.15) is 0 Å². The van der Waals surface area contributed by atoms with Gasteiger partial charge < -0.3 is 9.84 Å². The van der Waals surface area contributed by atoms with Crippen molar-refractivity contribution >= 4 is 12.1 Å². The molecule has 0 radical (unpaired) electrons. The Kier molecular flexibility index (Phi) is 2.70. The van der Waals surface area contributed by atoms with Gasteiger partial charge in [-0.25, -0.2) is 9.59 Å². The van der Waals surface area contributed by atoms with Gasteiger partial charge in [0.2, 0.25) is 0 Å². The third-order valence-corrected chi connectivity index (χ3v) is 2.22. The van der Waals surface area contributed by atoms with Gasteiger partial charge in [-0.3, -0.25) is 0 Å². The van der Waals surface area contributed by atoms with Crippen molar-refractivity contribution in [2.24, 2.45) is 5.92 Å². The largest absolute Gasteiger partial charge is 0.513 e. The lowest BCUT2D eigenvalue weighted by atomic mass is 10.2. The zero-order valence-electron chi connectivity index (χ0n) is 7.66. The SMILES string of the molecule is CCC1=C(C(=O)OC(=O)O)C1CC. The molecular formula is C9H12O4. The van der Waals surface area contributed by atoms with Crippen LogP contribution < -0.4 is 0 Å². The highest BCUT2D eigenvalue weighted by atomic mass is 16.7. The molecule has 0 spiro atoms. The zero-order valence-corrected chi connectivity index (χ0v) is 7.66. The van der Waals surface area contributed by atoms with Gasteiger partial charge in [0.05, 0.1) is 0 Å². The van der Waals surface area contributed by atoms with E-state index in [0.29, 0.717) is 5.57 Å². The number of carbonyl (C=O) groups excluding carboxylic acids is 1. The molecule has 4 heteroatoms. The molecule has 0 saturated heterocycles. The van der Waals surface area contributed by atoms with Crippen LogP contribution in [0.2, 0.25) is 0 Å². The van der Waals surface area contributed by atoms with E-state index in [-0.39, 0.29) is 5.92 Å². The first-order valence-corrected chi connectivity index (χ1v) is 4.29. The number of hydrogen-bond donors (Lipinski definition) is 1. The number of carbonyl (C=O) groups is 2. The predicted molar refractivity (Wildman–Crippen MR) is 45.2 cm³/mol. The topological polar surface area (TPSA) is 63.6 Å². The van der Waals surface area contributed by atoms with Gasteiger partial charge in [0.15, 0.2) is 0 Å². The minimum absolute atomic E-state index is 0.164. The smallest absolute Gasteiger partial charge is 0.449 e. The van der Waals surface area contributed by atoms with Gasteiger partial charge in [-0.1, -0.05) is 19.4 Å². The summed E-state index contributed by atoms with van der Waals surface area (Å²) >= 11 is 0. The summed E-state index contributed by atoms with van der Waals surface area (Å²) in [6.07, 6.45) is 0.102. The average molecular weight is 184 g/mol. The van der Waals surface area contributed by atoms with E-state index in [1.807, 2.05) is 13.8 Å². The molecule has 1 aliphatic rings. The van der Waals surface area contributed by atoms with Gasteiger partial charge in [0.25, 0.3) is 0 Å². The Morgan fingerprint density at radius 2 is 2.08 bits per heavy atom. The highest BCUT2D eigenvalue weighted by molar-refractivity contribution is 6.00. The van der Waals surface area contributed by atoms with Crippen molar-refractivity contribution in [3.8, 4) is 0 Å². The highest BCUT2D eigenvalue weighted by Gasteiger charge is 2.40. The molecule has 4 nitrogen and oxygen atoms in total.